The van der Waals surface area contributed by atoms with Crippen LogP contribution in [0.3, 0.4) is 0 Å². The van der Waals surface area contributed by atoms with Crippen LogP contribution in [0.2, 0.25) is 0 Å². The Kier molecular flexibility index (Phi) is 4.74. The third-order valence-electron chi connectivity index (χ3n) is 3.03. The summed E-state index contributed by atoms with van der Waals surface area (Å²) in [6.45, 7) is 2.77. The van der Waals surface area contributed by atoms with Crippen molar-refractivity contribution >= 4 is 0 Å². The molecular weight excluding hydrogens is 265 g/mol. The monoisotopic (exact) mass is 280 g/mol. The molecule has 2 nitrogen and oxygen atoms in total. The van der Waals surface area contributed by atoms with Gasteiger partial charge in [-0.1, -0.05) is 13.0 Å². The lowest BCUT2D eigenvalue weighted by Crippen LogP contribution is -2.15. The van der Waals surface area contributed by atoms with E-state index in [1.54, 1.807) is 6.20 Å². The predicted molar refractivity (Wildman–Crippen MR) is 70.5 cm³/mol. The highest BCUT2D eigenvalue weighted by atomic mass is 19.2. The van der Waals surface area contributed by atoms with Gasteiger partial charge in [-0.3, -0.25) is 4.98 Å². The molecular formula is C15H15F3N2. The van der Waals surface area contributed by atoms with Gasteiger partial charge in [-0.25, -0.2) is 13.2 Å². The smallest absolute Gasteiger partial charge is 0.194 e. The molecule has 1 N–H and O–H groups in total. The zero-order valence-corrected chi connectivity index (χ0v) is 11.1. The average molecular weight is 280 g/mol. The van der Waals surface area contributed by atoms with E-state index in [-0.39, 0.29) is 6.54 Å². The van der Waals surface area contributed by atoms with Crippen molar-refractivity contribution in [3.63, 3.8) is 0 Å². The Morgan fingerprint density at radius 3 is 2.45 bits per heavy atom. The number of aryl methyl sites for hydroxylation is 1. The number of nitrogens with one attached hydrogen (secondary N) is 1. The second-order valence-corrected chi connectivity index (χ2v) is 4.44. The van der Waals surface area contributed by atoms with Crippen LogP contribution in [-0.4, -0.2) is 4.98 Å². The van der Waals surface area contributed by atoms with E-state index in [9.17, 15) is 13.2 Å². The predicted octanol–water partition coefficient (Wildman–Crippen LogP) is 3.35. The fraction of sp³-hybridized carbons (Fsp3) is 0.267. The fourth-order valence-electron chi connectivity index (χ4n) is 1.99. The van der Waals surface area contributed by atoms with E-state index in [1.807, 2.05) is 19.1 Å². The maximum atomic E-state index is 13.1. The zero-order chi connectivity index (χ0) is 14.5. The van der Waals surface area contributed by atoms with Gasteiger partial charge in [0.15, 0.2) is 17.5 Å². The van der Waals surface area contributed by atoms with Crippen LogP contribution in [0.1, 0.15) is 23.7 Å². The van der Waals surface area contributed by atoms with E-state index in [0.29, 0.717) is 12.1 Å². The molecule has 0 saturated carbocycles. The third-order valence-corrected chi connectivity index (χ3v) is 3.03. The summed E-state index contributed by atoms with van der Waals surface area (Å²) in [6.07, 6.45) is 2.57. The Labute approximate surface area is 115 Å². The molecule has 2 aromatic rings. The van der Waals surface area contributed by atoms with Crippen LogP contribution in [0.15, 0.2) is 30.5 Å². The minimum atomic E-state index is -1.44. The van der Waals surface area contributed by atoms with Crippen molar-refractivity contribution in [3.8, 4) is 0 Å². The molecule has 0 unspecified atom stereocenters. The molecule has 0 radical (unpaired) electrons. The maximum absolute atomic E-state index is 13.1. The van der Waals surface area contributed by atoms with E-state index in [0.717, 1.165) is 29.8 Å². The average Bonchev–Trinajstić information content (AvgIpc) is 2.45. The van der Waals surface area contributed by atoms with E-state index in [1.165, 1.54) is 0 Å². The Bertz CT molecular complexity index is 576. The molecule has 0 bridgehead atoms. The maximum Gasteiger partial charge on any atom is 0.194 e. The van der Waals surface area contributed by atoms with Crippen molar-refractivity contribution in [1.82, 2.24) is 10.3 Å². The largest absolute Gasteiger partial charge is 0.307 e. The van der Waals surface area contributed by atoms with Gasteiger partial charge < -0.3 is 5.32 Å². The van der Waals surface area contributed by atoms with Gasteiger partial charge in [0.1, 0.15) is 0 Å². The Hall–Kier alpha value is -1.88. The summed E-state index contributed by atoms with van der Waals surface area (Å²) in [5, 5.41) is 3.05. The molecule has 0 aliphatic rings. The van der Waals surface area contributed by atoms with Gasteiger partial charge in [0.05, 0.1) is 5.69 Å². The van der Waals surface area contributed by atoms with Crippen LogP contribution in [0.4, 0.5) is 13.2 Å². The molecule has 1 aromatic heterocycles. The molecule has 0 amide bonds. The summed E-state index contributed by atoms with van der Waals surface area (Å²) in [5.74, 6) is -3.78. The number of halogens is 3. The third kappa shape index (κ3) is 3.36. The lowest BCUT2D eigenvalue weighted by atomic mass is 10.1. The first-order valence-corrected chi connectivity index (χ1v) is 6.38. The van der Waals surface area contributed by atoms with Crippen LogP contribution in [-0.2, 0) is 19.5 Å². The second-order valence-electron chi connectivity index (χ2n) is 4.44. The summed E-state index contributed by atoms with van der Waals surface area (Å²) in [6, 6.07) is 5.84. The van der Waals surface area contributed by atoms with Gasteiger partial charge >= 0.3 is 0 Å². The first-order chi connectivity index (χ1) is 9.61. The number of pyridine rings is 1. The Morgan fingerprint density at radius 2 is 1.80 bits per heavy atom. The molecule has 20 heavy (non-hydrogen) atoms. The molecule has 1 aromatic carbocycles. The number of rotatable bonds is 5. The van der Waals surface area contributed by atoms with Crippen molar-refractivity contribution in [3.05, 3.63) is 64.7 Å². The second kappa shape index (κ2) is 6.52. The highest BCUT2D eigenvalue weighted by Crippen LogP contribution is 2.13. The van der Waals surface area contributed by atoms with Gasteiger partial charge in [0, 0.05) is 19.3 Å². The van der Waals surface area contributed by atoms with Crippen molar-refractivity contribution in [1.29, 1.82) is 0 Å². The van der Waals surface area contributed by atoms with Crippen LogP contribution in [0.25, 0.3) is 0 Å². The summed E-state index contributed by atoms with van der Waals surface area (Å²) >= 11 is 0. The summed E-state index contributed by atoms with van der Waals surface area (Å²) in [4.78, 5) is 4.26. The van der Waals surface area contributed by atoms with Gasteiger partial charge in [-0.05, 0) is 35.7 Å². The lowest BCUT2D eigenvalue weighted by Gasteiger charge is -2.08. The molecule has 106 valence electrons. The summed E-state index contributed by atoms with van der Waals surface area (Å²) in [7, 11) is 0. The van der Waals surface area contributed by atoms with Crippen molar-refractivity contribution < 1.29 is 13.2 Å². The van der Waals surface area contributed by atoms with E-state index >= 15 is 0 Å². The number of nitrogens with zero attached hydrogens (tertiary/aromatic N) is 1. The first kappa shape index (κ1) is 14.5. The van der Waals surface area contributed by atoms with Crippen LogP contribution < -0.4 is 5.32 Å². The Morgan fingerprint density at radius 1 is 1.10 bits per heavy atom. The molecule has 0 aliphatic carbocycles. The van der Waals surface area contributed by atoms with Gasteiger partial charge in [-0.2, -0.15) is 0 Å². The number of benzene rings is 1. The SMILES string of the molecule is CCc1cccnc1CNCc1cc(F)c(F)c(F)c1. The fourth-order valence-corrected chi connectivity index (χ4v) is 1.99. The van der Waals surface area contributed by atoms with E-state index < -0.39 is 17.5 Å². The van der Waals surface area contributed by atoms with Gasteiger partial charge in [-0.15, -0.1) is 0 Å². The highest BCUT2D eigenvalue weighted by Gasteiger charge is 2.10. The molecule has 0 spiro atoms. The Balaban J connectivity index is 1.99. The normalized spacial score (nSPS) is 10.8. The van der Waals surface area contributed by atoms with Crippen LogP contribution in [0, 0.1) is 17.5 Å². The minimum Gasteiger partial charge on any atom is -0.307 e. The van der Waals surface area contributed by atoms with E-state index in [4.69, 9.17) is 0 Å². The van der Waals surface area contributed by atoms with Crippen molar-refractivity contribution in [2.24, 2.45) is 0 Å². The van der Waals surface area contributed by atoms with Crippen molar-refractivity contribution in [2.45, 2.75) is 26.4 Å². The molecule has 0 fully saturated rings. The van der Waals surface area contributed by atoms with Crippen molar-refractivity contribution in [2.75, 3.05) is 0 Å². The minimum absolute atomic E-state index is 0.244. The molecule has 0 saturated heterocycles. The number of hydrogen-bond acceptors (Lipinski definition) is 2. The van der Waals surface area contributed by atoms with Gasteiger partial charge in [0.2, 0.25) is 0 Å². The number of aromatic nitrogens is 1. The van der Waals surface area contributed by atoms with Crippen LogP contribution in [0.5, 0.6) is 0 Å². The molecule has 5 heteroatoms. The highest BCUT2D eigenvalue weighted by molar-refractivity contribution is 5.21. The van der Waals surface area contributed by atoms with E-state index in [2.05, 4.69) is 10.3 Å². The molecule has 0 atom stereocenters. The zero-order valence-electron chi connectivity index (χ0n) is 11.1. The summed E-state index contributed by atoms with van der Waals surface area (Å²) < 4.78 is 38.9. The van der Waals surface area contributed by atoms with Crippen LogP contribution >= 0.6 is 0 Å². The standard InChI is InChI=1S/C15H15F3N2/c1-2-11-4-3-5-20-14(11)9-19-8-10-6-12(16)15(18)13(17)7-10/h3-7,19H,2,8-9H2,1H3. The lowest BCUT2D eigenvalue weighted by molar-refractivity contribution is 0.444. The quantitative estimate of drug-likeness (QED) is 0.850. The molecule has 0 aliphatic heterocycles. The molecule has 1 heterocycles. The number of hydrogen-bond donors (Lipinski definition) is 1. The molecule has 2 rings (SSSR count). The topological polar surface area (TPSA) is 24.9 Å². The summed E-state index contributed by atoms with van der Waals surface area (Å²) in [5.41, 5.74) is 2.38. The van der Waals surface area contributed by atoms with Gasteiger partial charge in [0.25, 0.3) is 0 Å². The first-order valence-electron chi connectivity index (χ1n) is 6.38.